The molecule has 0 aliphatic heterocycles. The highest BCUT2D eigenvalue weighted by Crippen LogP contribution is 2.03. The van der Waals surface area contributed by atoms with Crippen LogP contribution in [0.1, 0.15) is 38.8 Å². The molecule has 1 aromatic heterocycles. The van der Waals surface area contributed by atoms with Crippen LogP contribution in [0.2, 0.25) is 0 Å². The molecule has 16 heavy (non-hydrogen) atoms. The molecule has 0 aromatic carbocycles. The van der Waals surface area contributed by atoms with Crippen LogP contribution in [0.4, 0.5) is 0 Å². The lowest BCUT2D eigenvalue weighted by Gasteiger charge is -2.20. The summed E-state index contributed by atoms with van der Waals surface area (Å²) in [5.41, 5.74) is 1.18. The zero-order chi connectivity index (χ0) is 10.9. The molecule has 1 rings (SSSR count). The maximum atomic E-state index is 4.37. The van der Waals surface area contributed by atoms with Crippen molar-refractivity contribution in [3.05, 3.63) is 30.1 Å². The van der Waals surface area contributed by atoms with Gasteiger partial charge in [-0.3, -0.25) is 9.88 Å². The normalized spacial score (nSPS) is 10.2. The minimum Gasteiger partial charge on any atom is -0.344 e. The average molecular weight is 223 g/mol. The van der Waals surface area contributed by atoms with E-state index in [4.69, 9.17) is 0 Å². The number of rotatable bonds is 7. The lowest BCUT2D eigenvalue weighted by atomic mass is 10.2. The fourth-order valence-corrected chi connectivity index (χ4v) is 1.69. The number of hydrogen-bond donors (Lipinski definition) is 1. The summed E-state index contributed by atoms with van der Waals surface area (Å²) < 4.78 is 0. The van der Waals surface area contributed by atoms with Crippen LogP contribution in [0.3, 0.4) is 0 Å². The van der Waals surface area contributed by atoms with Crippen LogP contribution in [0.25, 0.3) is 0 Å². The van der Waals surface area contributed by atoms with E-state index in [0.717, 1.165) is 6.54 Å². The van der Waals surface area contributed by atoms with Crippen molar-refractivity contribution >= 4 is 0 Å². The molecule has 0 fully saturated rings. The lowest BCUT2D eigenvalue weighted by Crippen LogP contribution is -2.25. The third-order valence-corrected chi connectivity index (χ3v) is 2.48. The molecule has 92 valence electrons. The number of hydrogen-bond acceptors (Lipinski definition) is 3. The lowest BCUT2D eigenvalue weighted by molar-refractivity contribution is 0.259. The molecule has 0 unspecified atom stereocenters. The van der Waals surface area contributed by atoms with E-state index >= 15 is 0 Å². The summed E-state index contributed by atoms with van der Waals surface area (Å²) in [6.07, 6.45) is 5.64. The van der Waals surface area contributed by atoms with Crippen molar-refractivity contribution in [2.45, 2.75) is 39.7 Å². The minimum absolute atomic E-state index is 0. The predicted molar refractivity (Wildman–Crippen MR) is 69.7 cm³/mol. The van der Waals surface area contributed by atoms with Gasteiger partial charge in [0.05, 0.1) is 5.69 Å². The van der Waals surface area contributed by atoms with Gasteiger partial charge >= 0.3 is 0 Å². The van der Waals surface area contributed by atoms with E-state index in [9.17, 15) is 0 Å². The van der Waals surface area contributed by atoms with Gasteiger partial charge in [-0.25, -0.2) is 0 Å². The molecule has 0 saturated carbocycles. The predicted octanol–water partition coefficient (Wildman–Crippen LogP) is 3.26. The quantitative estimate of drug-likeness (QED) is 0.772. The molecule has 1 heterocycles. The Morgan fingerprint density at radius 1 is 1.12 bits per heavy atom. The fraction of sp³-hybridized carbons (Fsp3) is 0.615. The van der Waals surface area contributed by atoms with Crippen molar-refractivity contribution in [3.8, 4) is 0 Å². The second-order valence-corrected chi connectivity index (χ2v) is 3.95. The van der Waals surface area contributed by atoms with Crippen LogP contribution in [-0.4, -0.2) is 23.0 Å². The van der Waals surface area contributed by atoms with Gasteiger partial charge in [0, 0.05) is 12.7 Å². The van der Waals surface area contributed by atoms with E-state index in [2.05, 4.69) is 35.9 Å². The molecule has 3 nitrogen and oxygen atoms in total. The summed E-state index contributed by atoms with van der Waals surface area (Å²) in [6, 6.07) is 6.14. The molecule has 0 atom stereocenters. The summed E-state index contributed by atoms with van der Waals surface area (Å²) in [5, 5.41) is 0. The highest BCUT2D eigenvalue weighted by atomic mass is 15.1. The van der Waals surface area contributed by atoms with Crippen molar-refractivity contribution in [2.24, 2.45) is 0 Å². The molecular weight excluding hydrogens is 198 g/mol. The number of pyridine rings is 1. The van der Waals surface area contributed by atoms with Crippen LogP contribution in [0.15, 0.2) is 24.4 Å². The van der Waals surface area contributed by atoms with Gasteiger partial charge in [-0.05, 0) is 38.1 Å². The molecular formula is C13H25N3. The van der Waals surface area contributed by atoms with Gasteiger partial charge in [0.25, 0.3) is 0 Å². The Bertz CT molecular complexity index is 249. The molecule has 0 bridgehead atoms. The third-order valence-electron chi connectivity index (χ3n) is 2.48. The molecule has 1 aromatic rings. The standard InChI is InChI=1S/C13H22N2.H3N/c1-3-5-11-15(10-4-2)12-13-8-6-7-9-14-13;/h6-9H,3-5,10-12H2,1-2H3;1H3. The Balaban J connectivity index is 0.00000225. The third kappa shape index (κ3) is 5.83. The Hall–Kier alpha value is -0.930. The molecule has 0 aliphatic rings. The van der Waals surface area contributed by atoms with E-state index in [0.29, 0.717) is 0 Å². The fourth-order valence-electron chi connectivity index (χ4n) is 1.69. The van der Waals surface area contributed by atoms with Gasteiger partial charge in [0.1, 0.15) is 0 Å². The summed E-state index contributed by atoms with van der Waals surface area (Å²) in [5.74, 6) is 0. The largest absolute Gasteiger partial charge is 0.344 e. The van der Waals surface area contributed by atoms with Crippen molar-refractivity contribution < 1.29 is 0 Å². The highest BCUT2D eigenvalue weighted by molar-refractivity contribution is 5.03. The molecule has 0 spiro atoms. The zero-order valence-corrected chi connectivity index (χ0v) is 10.7. The van der Waals surface area contributed by atoms with E-state index < -0.39 is 0 Å². The van der Waals surface area contributed by atoms with Crippen molar-refractivity contribution in [2.75, 3.05) is 13.1 Å². The summed E-state index contributed by atoms with van der Waals surface area (Å²) >= 11 is 0. The maximum absolute atomic E-state index is 4.37. The first-order chi connectivity index (χ1) is 7.36. The monoisotopic (exact) mass is 223 g/mol. The Morgan fingerprint density at radius 2 is 1.94 bits per heavy atom. The average Bonchev–Trinajstić information content (AvgIpc) is 2.28. The van der Waals surface area contributed by atoms with Crippen LogP contribution in [-0.2, 0) is 6.54 Å². The van der Waals surface area contributed by atoms with Crippen molar-refractivity contribution in [3.63, 3.8) is 0 Å². The summed E-state index contributed by atoms with van der Waals surface area (Å²) in [4.78, 5) is 6.86. The maximum Gasteiger partial charge on any atom is 0.0543 e. The summed E-state index contributed by atoms with van der Waals surface area (Å²) in [6.45, 7) is 7.84. The van der Waals surface area contributed by atoms with E-state index in [1.54, 1.807) is 0 Å². The first-order valence-electron chi connectivity index (χ1n) is 5.99. The van der Waals surface area contributed by atoms with Gasteiger partial charge in [0.15, 0.2) is 0 Å². The summed E-state index contributed by atoms with van der Waals surface area (Å²) in [7, 11) is 0. The van der Waals surface area contributed by atoms with E-state index in [-0.39, 0.29) is 6.15 Å². The second kappa shape index (κ2) is 9.31. The van der Waals surface area contributed by atoms with Crippen LogP contribution in [0.5, 0.6) is 0 Å². The molecule has 0 amide bonds. The van der Waals surface area contributed by atoms with Crippen molar-refractivity contribution in [1.82, 2.24) is 16.0 Å². The first kappa shape index (κ1) is 15.1. The SMILES string of the molecule is CCCCN(CCC)Cc1ccccn1.N. The topological polar surface area (TPSA) is 51.1 Å². The number of unbranched alkanes of at least 4 members (excludes halogenated alkanes) is 1. The first-order valence-corrected chi connectivity index (χ1v) is 5.99. The Labute approximate surface area is 99.5 Å². The van der Waals surface area contributed by atoms with Crippen LogP contribution in [0, 0.1) is 0 Å². The Kier molecular flexibility index (Phi) is 8.77. The molecule has 0 aliphatic carbocycles. The van der Waals surface area contributed by atoms with Gasteiger partial charge < -0.3 is 6.15 Å². The smallest absolute Gasteiger partial charge is 0.0543 e. The van der Waals surface area contributed by atoms with Gasteiger partial charge in [-0.15, -0.1) is 0 Å². The minimum atomic E-state index is 0. The molecule has 3 heteroatoms. The van der Waals surface area contributed by atoms with Gasteiger partial charge in [0.2, 0.25) is 0 Å². The van der Waals surface area contributed by atoms with Crippen LogP contribution < -0.4 is 6.15 Å². The van der Waals surface area contributed by atoms with E-state index in [1.165, 1.54) is 38.0 Å². The zero-order valence-electron chi connectivity index (χ0n) is 10.7. The van der Waals surface area contributed by atoms with Crippen molar-refractivity contribution in [1.29, 1.82) is 0 Å². The molecule has 3 N–H and O–H groups in total. The molecule has 0 saturated heterocycles. The Morgan fingerprint density at radius 3 is 2.50 bits per heavy atom. The number of nitrogens with zero attached hydrogens (tertiary/aromatic N) is 2. The van der Waals surface area contributed by atoms with Gasteiger partial charge in [-0.1, -0.05) is 26.3 Å². The van der Waals surface area contributed by atoms with Gasteiger partial charge in [-0.2, -0.15) is 0 Å². The molecule has 0 radical (unpaired) electrons. The number of aromatic nitrogens is 1. The van der Waals surface area contributed by atoms with E-state index in [1.807, 2.05) is 12.3 Å². The second-order valence-electron chi connectivity index (χ2n) is 3.95. The highest BCUT2D eigenvalue weighted by Gasteiger charge is 2.04. The van der Waals surface area contributed by atoms with Crippen LogP contribution >= 0.6 is 0 Å².